The van der Waals surface area contributed by atoms with Crippen LogP contribution in [-0.2, 0) is 6.42 Å². The van der Waals surface area contributed by atoms with Gasteiger partial charge in [-0.3, -0.25) is 4.98 Å². The van der Waals surface area contributed by atoms with Crippen molar-refractivity contribution in [3.8, 4) is 11.3 Å². The van der Waals surface area contributed by atoms with Crippen molar-refractivity contribution in [1.29, 1.82) is 0 Å². The third kappa shape index (κ3) is 2.91. The van der Waals surface area contributed by atoms with Gasteiger partial charge in [-0.25, -0.2) is 0 Å². The van der Waals surface area contributed by atoms with Crippen LogP contribution in [0, 0.1) is 5.41 Å². The van der Waals surface area contributed by atoms with Gasteiger partial charge in [0.1, 0.15) is 11.5 Å². The molecule has 4 heteroatoms. The van der Waals surface area contributed by atoms with Gasteiger partial charge in [0, 0.05) is 30.4 Å². The van der Waals surface area contributed by atoms with Crippen LogP contribution in [0.5, 0.6) is 0 Å². The molecule has 0 fully saturated rings. The second-order valence-electron chi connectivity index (χ2n) is 4.96. The fraction of sp³-hybridized carbons (Fsp3) is 0.385. The first-order valence-corrected chi connectivity index (χ1v) is 5.67. The number of aromatic nitrogens is 2. The first kappa shape index (κ1) is 11.8. The number of hydrogen-bond donors (Lipinski definition) is 1. The largest absolute Gasteiger partial charge is 0.361 e. The Morgan fingerprint density at radius 2 is 2.00 bits per heavy atom. The van der Waals surface area contributed by atoms with E-state index in [4.69, 9.17) is 10.3 Å². The fourth-order valence-corrected chi connectivity index (χ4v) is 1.60. The Balaban J connectivity index is 2.17. The molecule has 0 aliphatic carbocycles. The standard InChI is InChI=1S/C13H17N3O/c1-13(2,9-14)8-11-7-12(16-17-11)10-3-5-15-6-4-10/h3-7H,8-9,14H2,1-2H3. The van der Waals surface area contributed by atoms with Crippen molar-refractivity contribution in [3.05, 3.63) is 36.4 Å². The molecule has 0 saturated heterocycles. The lowest BCUT2D eigenvalue weighted by atomic mass is 9.88. The maximum atomic E-state index is 5.70. The summed E-state index contributed by atoms with van der Waals surface area (Å²) in [5.74, 6) is 0.868. The molecule has 4 nitrogen and oxygen atoms in total. The van der Waals surface area contributed by atoms with Crippen molar-refractivity contribution in [2.24, 2.45) is 11.1 Å². The Bertz CT molecular complexity index is 476. The fourth-order valence-electron chi connectivity index (χ4n) is 1.60. The van der Waals surface area contributed by atoms with E-state index in [1.165, 1.54) is 0 Å². The zero-order chi connectivity index (χ0) is 12.3. The van der Waals surface area contributed by atoms with Crippen molar-refractivity contribution < 1.29 is 4.52 Å². The maximum absolute atomic E-state index is 5.70. The molecule has 2 rings (SSSR count). The van der Waals surface area contributed by atoms with E-state index >= 15 is 0 Å². The minimum atomic E-state index is 0.0368. The molecule has 0 saturated carbocycles. The van der Waals surface area contributed by atoms with Gasteiger partial charge < -0.3 is 10.3 Å². The molecule has 0 atom stereocenters. The highest BCUT2D eigenvalue weighted by Gasteiger charge is 2.19. The highest BCUT2D eigenvalue weighted by Crippen LogP contribution is 2.24. The van der Waals surface area contributed by atoms with Crippen LogP contribution in [0.4, 0.5) is 0 Å². The summed E-state index contributed by atoms with van der Waals surface area (Å²) in [6.07, 6.45) is 4.28. The highest BCUT2D eigenvalue weighted by molar-refractivity contribution is 5.57. The van der Waals surface area contributed by atoms with Crippen molar-refractivity contribution in [3.63, 3.8) is 0 Å². The van der Waals surface area contributed by atoms with E-state index in [2.05, 4.69) is 24.0 Å². The summed E-state index contributed by atoms with van der Waals surface area (Å²) in [5.41, 5.74) is 7.60. The summed E-state index contributed by atoms with van der Waals surface area (Å²) >= 11 is 0. The Morgan fingerprint density at radius 3 is 2.65 bits per heavy atom. The van der Waals surface area contributed by atoms with Gasteiger partial charge in [0.2, 0.25) is 0 Å². The van der Waals surface area contributed by atoms with Crippen LogP contribution in [0.15, 0.2) is 35.1 Å². The van der Waals surface area contributed by atoms with Gasteiger partial charge in [0.05, 0.1) is 0 Å². The summed E-state index contributed by atoms with van der Waals surface area (Å²) in [6, 6.07) is 5.79. The molecule has 0 bridgehead atoms. The van der Waals surface area contributed by atoms with Crippen LogP contribution < -0.4 is 5.73 Å². The average Bonchev–Trinajstić information content (AvgIpc) is 2.78. The summed E-state index contributed by atoms with van der Waals surface area (Å²) in [6.45, 7) is 4.85. The maximum Gasteiger partial charge on any atom is 0.137 e. The Hall–Kier alpha value is -1.68. The lowest BCUT2D eigenvalue weighted by molar-refractivity contribution is 0.307. The van der Waals surface area contributed by atoms with Gasteiger partial charge in [-0.05, 0) is 24.1 Å². The SMILES string of the molecule is CC(C)(CN)Cc1cc(-c2ccncc2)no1. The molecule has 0 unspecified atom stereocenters. The molecule has 2 aromatic heterocycles. The molecule has 0 aromatic carbocycles. The molecule has 2 heterocycles. The monoisotopic (exact) mass is 231 g/mol. The van der Waals surface area contributed by atoms with Gasteiger partial charge in [0.15, 0.2) is 0 Å². The average molecular weight is 231 g/mol. The molecule has 0 aliphatic heterocycles. The van der Waals surface area contributed by atoms with E-state index in [9.17, 15) is 0 Å². The molecule has 17 heavy (non-hydrogen) atoms. The molecule has 90 valence electrons. The third-order valence-electron chi connectivity index (χ3n) is 2.74. The molecule has 0 amide bonds. The summed E-state index contributed by atoms with van der Waals surface area (Å²) < 4.78 is 5.33. The number of hydrogen-bond acceptors (Lipinski definition) is 4. The van der Waals surface area contributed by atoms with E-state index in [-0.39, 0.29) is 5.41 Å². The van der Waals surface area contributed by atoms with Crippen LogP contribution in [0.1, 0.15) is 19.6 Å². The second-order valence-corrected chi connectivity index (χ2v) is 4.96. The number of pyridine rings is 1. The normalized spacial score (nSPS) is 11.7. The minimum absolute atomic E-state index is 0.0368. The van der Waals surface area contributed by atoms with Gasteiger partial charge in [-0.2, -0.15) is 0 Å². The molecule has 0 radical (unpaired) electrons. The van der Waals surface area contributed by atoms with Gasteiger partial charge in [-0.15, -0.1) is 0 Å². The minimum Gasteiger partial charge on any atom is -0.361 e. The van der Waals surface area contributed by atoms with Crippen molar-refractivity contribution >= 4 is 0 Å². The lowest BCUT2D eigenvalue weighted by Crippen LogP contribution is -2.25. The Morgan fingerprint density at radius 1 is 1.29 bits per heavy atom. The first-order valence-electron chi connectivity index (χ1n) is 5.67. The van der Waals surface area contributed by atoms with Gasteiger partial charge >= 0.3 is 0 Å². The smallest absolute Gasteiger partial charge is 0.137 e. The van der Waals surface area contributed by atoms with Crippen LogP contribution in [0.2, 0.25) is 0 Å². The van der Waals surface area contributed by atoms with Crippen LogP contribution >= 0.6 is 0 Å². The summed E-state index contributed by atoms with van der Waals surface area (Å²) in [5, 5.41) is 4.06. The molecule has 2 N–H and O–H groups in total. The van der Waals surface area contributed by atoms with Crippen molar-refractivity contribution in [1.82, 2.24) is 10.1 Å². The zero-order valence-corrected chi connectivity index (χ0v) is 10.2. The van der Waals surface area contributed by atoms with E-state index in [0.29, 0.717) is 6.54 Å². The van der Waals surface area contributed by atoms with Crippen molar-refractivity contribution in [2.75, 3.05) is 6.54 Å². The van der Waals surface area contributed by atoms with Crippen LogP contribution in [0.3, 0.4) is 0 Å². The Kier molecular flexibility index (Phi) is 3.24. The van der Waals surface area contributed by atoms with Crippen LogP contribution in [-0.4, -0.2) is 16.7 Å². The van der Waals surface area contributed by atoms with E-state index < -0.39 is 0 Å². The second kappa shape index (κ2) is 4.67. The molecule has 0 aliphatic rings. The molecular weight excluding hydrogens is 214 g/mol. The predicted molar refractivity (Wildman–Crippen MR) is 66.3 cm³/mol. The summed E-state index contributed by atoms with van der Waals surface area (Å²) in [4.78, 5) is 3.98. The van der Waals surface area contributed by atoms with E-state index in [1.807, 2.05) is 18.2 Å². The van der Waals surface area contributed by atoms with Crippen molar-refractivity contribution in [2.45, 2.75) is 20.3 Å². The van der Waals surface area contributed by atoms with E-state index in [1.54, 1.807) is 12.4 Å². The topological polar surface area (TPSA) is 64.9 Å². The first-order chi connectivity index (χ1) is 8.11. The number of nitrogens with zero attached hydrogens (tertiary/aromatic N) is 2. The van der Waals surface area contributed by atoms with Gasteiger partial charge in [0.25, 0.3) is 0 Å². The molecule has 0 spiro atoms. The van der Waals surface area contributed by atoms with Crippen LogP contribution in [0.25, 0.3) is 11.3 Å². The summed E-state index contributed by atoms with van der Waals surface area (Å²) in [7, 11) is 0. The Labute approximate surface area is 101 Å². The lowest BCUT2D eigenvalue weighted by Gasteiger charge is -2.19. The molecular formula is C13H17N3O. The number of nitrogens with two attached hydrogens (primary N) is 1. The highest BCUT2D eigenvalue weighted by atomic mass is 16.5. The third-order valence-corrected chi connectivity index (χ3v) is 2.74. The quantitative estimate of drug-likeness (QED) is 0.876. The zero-order valence-electron chi connectivity index (χ0n) is 10.2. The van der Waals surface area contributed by atoms with Gasteiger partial charge in [-0.1, -0.05) is 19.0 Å². The van der Waals surface area contributed by atoms with E-state index in [0.717, 1.165) is 23.4 Å². The number of rotatable bonds is 4. The predicted octanol–water partition coefficient (Wildman–Crippen LogP) is 2.26. The molecule has 2 aromatic rings.